The summed E-state index contributed by atoms with van der Waals surface area (Å²) in [6.45, 7) is 0.195. The summed E-state index contributed by atoms with van der Waals surface area (Å²) in [7, 11) is 0. The Morgan fingerprint density at radius 1 is 0.739 bits per heavy atom. The van der Waals surface area contributed by atoms with Gasteiger partial charge in [-0.25, -0.2) is 9.97 Å². The van der Waals surface area contributed by atoms with Crippen LogP contribution in [0.5, 0.6) is 0 Å². The molecule has 23 heavy (non-hydrogen) atoms. The van der Waals surface area contributed by atoms with Crippen LogP contribution < -0.4 is 0 Å². The smallest absolute Gasteiger partial charge is 0.281 e. The number of hydrogen-bond acceptors (Lipinski definition) is 6. The Bertz CT molecular complexity index is 734. The van der Waals surface area contributed by atoms with Crippen molar-refractivity contribution in [3.63, 3.8) is 0 Å². The van der Waals surface area contributed by atoms with Gasteiger partial charge in [-0.15, -0.1) is 0 Å². The molecule has 0 saturated heterocycles. The number of H-pyrrole nitrogens is 2. The second kappa shape index (κ2) is 4.60. The number of carbonyl (C=O) groups excluding carboxylic acids is 4. The lowest BCUT2D eigenvalue weighted by atomic mass is 10.3. The van der Waals surface area contributed by atoms with Gasteiger partial charge in [-0.1, -0.05) is 0 Å². The molecule has 0 fully saturated rings. The number of rotatable bonds is 4. The van der Waals surface area contributed by atoms with Gasteiger partial charge in [0, 0.05) is 13.1 Å². The monoisotopic (exact) mass is 314 g/mol. The normalized spacial score (nSPS) is 16.5. The Kier molecular flexibility index (Phi) is 2.67. The zero-order valence-electron chi connectivity index (χ0n) is 11.7. The van der Waals surface area contributed by atoms with Gasteiger partial charge in [0.15, 0.2) is 11.4 Å². The summed E-state index contributed by atoms with van der Waals surface area (Å²) >= 11 is 0. The van der Waals surface area contributed by atoms with E-state index in [0.717, 1.165) is 9.80 Å². The molecule has 116 valence electrons. The summed E-state index contributed by atoms with van der Waals surface area (Å²) in [5.41, 5.74) is 0.537. The quantitative estimate of drug-likeness (QED) is 0.725. The molecule has 4 rings (SSSR count). The lowest BCUT2D eigenvalue weighted by Gasteiger charge is -2.17. The highest BCUT2D eigenvalue weighted by atomic mass is 16.2. The second-order valence-electron chi connectivity index (χ2n) is 5.13. The van der Waals surface area contributed by atoms with E-state index in [2.05, 4.69) is 19.9 Å². The first-order valence-corrected chi connectivity index (χ1v) is 6.88. The van der Waals surface area contributed by atoms with Gasteiger partial charge in [0.05, 0.1) is 12.7 Å². The summed E-state index contributed by atoms with van der Waals surface area (Å²) in [5.74, 6) is -1.85. The lowest BCUT2D eigenvalue weighted by molar-refractivity contribution is 0.0621. The number of fused-ring (bicyclic) bond motifs is 2. The van der Waals surface area contributed by atoms with E-state index in [9.17, 15) is 19.2 Å². The second-order valence-corrected chi connectivity index (χ2v) is 5.13. The van der Waals surface area contributed by atoms with Gasteiger partial charge in [-0.05, 0) is 6.42 Å². The number of carbonyl (C=O) groups is 4. The standard InChI is InChI=1S/C13H10N6O4/c20-10-6-7(15-4-14-6)11(21)18(10)2-1-3-19-12(22)8-9(13(19)23)17-5-16-8/h4-5H,1-3H2,(H,14,15)(H,16,17). The number of imidazole rings is 2. The maximum Gasteiger partial charge on any atom is 0.281 e. The van der Waals surface area contributed by atoms with Gasteiger partial charge in [0.2, 0.25) is 0 Å². The highest BCUT2D eigenvalue weighted by molar-refractivity contribution is 6.20. The summed E-state index contributed by atoms with van der Waals surface area (Å²) < 4.78 is 0. The Labute approximate surface area is 128 Å². The van der Waals surface area contributed by atoms with Crippen LogP contribution in [0.2, 0.25) is 0 Å². The van der Waals surface area contributed by atoms with Gasteiger partial charge in [0.25, 0.3) is 23.6 Å². The molecular formula is C13H10N6O4. The Hall–Kier alpha value is -3.30. The first-order chi connectivity index (χ1) is 11.1. The van der Waals surface area contributed by atoms with Crippen molar-refractivity contribution in [1.82, 2.24) is 29.7 Å². The molecule has 10 heteroatoms. The summed E-state index contributed by atoms with van der Waals surface area (Å²) in [5, 5.41) is 0. The predicted octanol–water partition coefficient (Wildman–Crippen LogP) is -0.585. The lowest BCUT2D eigenvalue weighted by Crippen LogP contribution is -2.36. The van der Waals surface area contributed by atoms with Crippen molar-refractivity contribution in [3.8, 4) is 0 Å². The maximum absolute atomic E-state index is 12.0. The average molecular weight is 314 g/mol. The van der Waals surface area contributed by atoms with E-state index in [1.54, 1.807) is 0 Å². The molecule has 0 atom stereocenters. The zero-order chi connectivity index (χ0) is 16.1. The van der Waals surface area contributed by atoms with Crippen molar-refractivity contribution in [2.75, 3.05) is 13.1 Å². The highest BCUT2D eigenvalue weighted by Crippen LogP contribution is 2.21. The number of imide groups is 2. The number of hydrogen-bond donors (Lipinski definition) is 2. The van der Waals surface area contributed by atoms with Crippen molar-refractivity contribution in [1.29, 1.82) is 0 Å². The van der Waals surface area contributed by atoms with Crippen LogP contribution in [0, 0.1) is 0 Å². The van der Waals surface area contributed by atoms with E-state index >= 15 is 0 Å². The molecule has 0 radical (unpaired) electrons. The van der Waals surface area contributed by atoms with Crippen molar-refractivity contribution in [2.24, 2.45) is 0 Å². The summed E-state index contributed by atoms with van der Waals surface area (Å²) in [6.07, 6.45) is 2.86. The van der Waals surface area contributed by atoms with Gasteiger partial charge >= 0.3 is 0 Å². The first kappa shape index (κ1) is 13.4. The van der Waals surface area contributed by atoms with Crippen LogP contribution in [-0.4, -0.2) is 66.5 Å². The average Bonchev–Trinajstić information content (AvgIpc) is 3.27. The Morgan fingerprint density at radius 2 is 1.17 bits per heavy atom. The first-order valence-electron chi connectivity index (χ1n) is 6.88. The fraction of sp³-hybridized carbons (Fsp3) is 0.231. The third kappa shape index (κ3) is 1.74. The van der Waals surface area contributed by atoms with Crippen LogP contribution in [0.4, 0.5) is 0 Å². The number of aromatic nitrogens is 4. The van der Waals surface area contributed by atoms with Crippen LogP contribution in [0.1, 0.15) is 48.4 Å². The van der Waals surface area contributed by atoms with E-state index in [1.165, 1.54) is 12.7 Å². The number of nitrogens with one attached hydrogen (secondary N) is 2. The number of aromatic amines is 2. The molecule has 0 aliphatic carbocycles. The fourth-order valence-corrected chi connectivity index (χ4v) is 2.74. The third-order valence-corrected chi connectivity index (χ3v) is 3.86. The SMILES string of the molecule is O=C1c2nc[nH]c2C(=O)N1CCCN1C(=O)c2nc[nH]c2C1=O. The van der Waals surface area contributed by atoms with E-state index in [0.29, 0.717) is 0 Å². The molecule has 2 aromatic rings. The molecule has 4 amide bonds. The van der Waals surface area contributed by atoms with E-state index in [4.69, 9.17) is 0 Å². The predicted molar refractivity (Wildman–Crippen MR) is 72.5 cm³/mol. The molecule has 0 aromatic carbocycles. The molecular weight excluding hydrogens is 304 g/mol. The van der Waals surface area contributed by atoms with Gasteiger partial charge < -0.3 is 9.97 Å². The minimum absolute atomic E-state index is 0.0975. The fourth-order valence-electron chi connectivity index (χ4n) is 2.74. The largest absolute Gasteiger partial charge is 0.340 e. The van der Waals surface area contributed by atoms with E-state index in [1.807, 2.05) is 0 Å². The van der Waals surface area contributed by atoms with Crippen LogP contribution in [0.25, 0.3) is 0 Å². The van der Waals surface area contributed by atoms with Crippen molar-refractivity contribution < 1.29 is 19.2 Å². The van der Waals surface area contributed by atoms with E-state index in [-0.39, 0.29) is 42.3 Å². The molecule has 0 saturated carbocycles. The molecule has 2 aliphatic heterocycles. The molecule has 2 aromatic heterocycles. The molecule has 2 N–H and O–H groups in total. The summed E-state index contributed by atoms with van der Waals surface area (Å²) in [4.78, 5) is 63.1. The highest BCUT2D eigenvalue weighted by Gasteiger charge is 2.40. The Balaban J connectivity index is 1.40. The molecule has 4 heterocycles. The maximum atomic E-state index is 12.0. The molecule has 0 spiro atoms. The third-order valence-electron chi connectivity index (χ3n) is 3.86. The Morgan fingerprint density at radius 3 is 1.57 bits per heavy atom. The minimum atomic E-state index is -0.475. The zero-order valence-corrected chi connectivity index (χ0v) is 11.7. The number of nitrogens with zero attached hydrogens (tertiary/aromatic N) is 4. The van der Waals surface area contributed by atoms with Crippen molar-refractivity contribution >= 4 is 23.6 Å². The summed E-state index contributed by atoms with van der Waals surface area (Å²) in [6, 6.07) is 0. The molecule has 2 aliphatic rings. The van der Waals surface area contributed by atoms with Crippen molar-refractivity contribution in [2.45, 2.75) is 6.42 Å². The molecule has 10 nitrogen and oxygen atoms in total. The topological polar surface area (TPSA) is 132 Å². The van der Waals surface area contributed by atoms with E-state index < -0.39 is 23.6 Å². The minimum Gasteiger partial charge on any atom is -0.340 e. The van der Waals surface area contributed by atoms with Crippen molar-refractivity contribution in [3.05, 3.63) is 35.4 Å². The van der Waals surface area contributed by atoms with Crippen LogP contribution in [-0.2, 0) is 0 Å². The van der Waals surface area contributed by atoms with Crippen LogP contribution in [0.3, 0.4) is 0 Å². The molecule has 0 unspecified atom stereocenters. The van der Waals surface area contributed by atoms with Crippen LogP contribution in [0.15, 0.2) is 12.7 Å². The van der Waals surface area contributed by atoms with Gasteiger partial charge in [-0.2, -0.15) is 0 Å². The van der Waals surface area contributed by atoms with Gasteiger partial charge in [0.1, 0.15) is 11.4 Å². The molecule has 0 bridgehead atoms. The van der Waals surface area contributed by atoms with Gasteiger partial charge in [-0.3, -0.25) is 29.0 Å². The number of amides is 4. The van der Waals surface area contributed by atoms with Crippen LogP contribution >= 0.6 is 0 Å².